The molecule has 7 heterocycles. The Hall–Kier alpha value is -6.05. The third-order valence-electron chi connectivity index (χ3n) is 10.8. The number of benzene rings is 1. The van der Waals surface area contributed by atoms with Crippen LogP contribution in [0.2, 0.25) is 0 Å². The van der Waals surface area contributed by atoms with Crippen LogP contribution in [0.1, 0.15) is 82.1 Å². The lowest BCUT2D eigenvalue weighted by Gasteiger charge is -2.29. The Kier molecular flexibility index (Phi) is 7.56. The molecule has 1 saturated carbocycles. The SMILES string of the molecule is CN(C)C(=O)c1cc2cnc(Nc3ccc(N4Cc5cn(-c6ccc7c(c6)CN([C@H]6CCC(=O)NC6=O)C7=O)cc5C4)cn3)nc2n1C1CCCC1. The molecular weight excluding hydrogens is 660 g/mol. The standard InChI is InChI=1S/C38H38N10O4/c1-44(2)37(52)31-14-22-15-40-38(43-34(22)48(31)26-5-3-4-6-26)41-32-11-8-28(16-39-32)46-19-24-17-45(18-25(24)20-46)27-7-9-29-23(13-27)21-47(36(29)51)30-10-12-33(49)42-35(30)50/h7-9,11,13-18,26,30H,3-6,10,12,19-21H2,1-2H3,(H,42,49,50)(H,39,40,41,43)/t30-/m0/s1. The minimum absolute atomic E-state index is 0.0389. The molecule has 4 aliphatic rings. The lowest BCUT2D eigenvalue weighted by atomic mass is 10.0. The van der Waals surface area contributed by atoms with E-state index in [2.05, 4.69) is 47.0 Å². The molecule has 3 aliphatic heterocycles. The van der Waals surface area contributed by atoms with Crippen molar-refractivity contribution in [3.63, 3.8) is 0 Å². The number of nitrogens with one attached hydrogen (secondary N) is 2. The van der Waals surface area contributed by atoms with Crippen molar-refractivity contribution in [1.82, 2.24) is 39.2 Å². The number of hydrogen-bond donors (Lipinski definition) is 2. The number of carbonyl (C=O) groups is 4. The highest BCUT2D eigenvalue weighted by Gasteiger charge is 2.39. The summed E-state index contributed by atoms with van der Waals surface area (Å²) in [6.07, 6.45) is 12.8. The monoisotopic (exact) mass is 698 g/mol. The van der Waals surface area contributed by atoms with Crippen LogP contribution < -0.4 is 15.5 Å². The van der Waals surface area contributed by atoms with Gasteiger partial charge in [0.1, 0.15) is 23.2 Å². The predicted molar refractivity (Wildman–Crippen MR) is 192 cm³/mol. The molecule has 0 bridgehead atoms. The molecular formula is C38H38N10O4. The van der Waals surface area contributed by atoms with Gasteiger partial charge in [0.05, 0.1) is 11.9 Å². The summed E-state index contributed by atoms with van der Waals surface area (Å²) >= 11 is 0. The fourth-order valence-corrected chi connectivity index (χ4v) is 8.10. The van der Waals surface area contributed by atoms with Crippen LogP contribution in [0.3, 0.4) is 0 Å². The largest absolute Gasteiger partial charge is 0.361 e. The van der Waals surface area contributed by atoms with Crippen LogP contribution in [-0.2, 0) is 29.2 Å². The van der Waals surface area contributed by atoms with E-state index >= 15 is 0 Å². The van der Waals surface area contributed by atoms with Gasteiger partial charge in [0.2, 0.25) is 17.8 Å². The first-order chi connectivity index (χ1) is 25.2. The van der Waals surface area contributed by atoms with Crippen molar-refractivity contribution >= 4 is 52.1 Å². The predicted octanol–water partition coefficient (Wildman–Crippen LogP) is 4.46. The Morgan fingerprint density at radius 1 is 0.885 bits per heavy atom. The van der Waals surface area contributed by atoms with Gasteiger partial charge in [-0.05, 0) is 72.4 Å². The van der Waals surface area contributed by atoms with E-state index in [9.17, 15) is 19.2 Å². The molecule has 264 valence electrons. The molecule has 0 radical (unpaired) electrons. The van der Waals surface area contributed by atoms with Crippen LogP contribution in [0.25, 0.3) is 16.7 Å². The van der Waals surface area contributed by atoms with Crippen molar-refractivity contribution in [2.24, 2.45) is 0 Å². The summed E-state index contributed by atoms with van der Waals surface area (Å²) in [5, 5.41) is 6.46. The summed E-state index contributed by atoms with van der Waals surface area (Å²) in [7, 11) is 3.54. The number of hydrogen-bond acceptors (Lipinski definition) is 9. The summed E-state index contributed by atoms with van der Waals surface area (Å²) in [5.41, 5.74) is 7.24. The smallest absolute Gasteiger partial charge is 0.270 e. The van der Waals surface area contributed by atoms with Gasteiger partial charge in [-0.25, -0.2) is 9.97 Å². The zero-order valence-corrected chi connectivity index (χ0v) is 29.0. The first kappa shape index (κ1) is 31.9. The minimum atomic E-state index is -0.631. The molecule has 52 heavy (non-hydrogen) atoms. The lowest BCUT2D eigenvalue weighted by molar-refractivity contribution is -0.136. The van der Waals surface area contributed by atoms with Gasteiger partial charge in [0.15, 0.2) is 0 Å². The minimum Gasteiger partial charge on any atom is -0.361 e. The highest BCUT2D eigenvalue weighted by atomic mass is 16.2. The van der Waals surface area contributed by atoms with Crippen LogP contribution >= 0.6 is 0 Å². The summed E-state index contributed by atoms with van der Waals surface area (Å²) in [6.45, 7) is 1.80. The van der Waals surface area contributed by atoms with E-state index in [4.69, 9.17) is 4.98 Å². The molecule has 1 aromatic carbocycles. The summed E-state index contributed by atoms with van der Waals surface area (Å²) in [5.74, 6) is 0.143. The van der Waals surface area contributed by atoms with E-state index in [1.165, 1.54) is 11.1 Å². The number of amides is 4. The number of rotatable bonds is 7. The molecule has 9 rings (SSSR count). The molecule has 1 aliphatic carbocycles. The van der Waals surface area contributed by atoms with Gasteiger partial charge in [-0.1, -0.05) is 12.8 Å². The number of pyridine rings is 1. The number of piperidine rings is 1. The molecule has 1 atom stereocenters. The molecule has 2 fully saturated rings. The molecule has 4 aromatic heterocycles. The summed E-state index contributed by atoms with van der Waals surface area (Å²) < 4.78 is 4.19. The molecule has 14 heteroatoms. The van der Waals surface area contributed by atoms with Gasteiger partial charge in [-0.15, -0.1) is 0 Å². The summed E-state index contributed by atoms with van der Waals surface area (Å²) in [6, 6.07) is 11.2. The van der Waals surface area contributed by atoms with Gasteiger partial charge >= 0.3 is 0 Å². The fraction of sp³-hybridized carbons (Fsp3) is 0.342. The molecule has 2 N–H and O–H groups in total. The Morgan fingerprint density at radius 2 is 1.65 bits per heavy atom. The van der Waals surface area contributed by atoms with E-state index in [-0.39, 0.29) is 30.2 Å². The van der Waals surface area contributed by atoms with Crippen LogP contribution in [0.5, 0.6) is 0 Å². The van der Waals surface area contributed by atoms with Crippen LogP contribution in [-0.4, -0.2) is 77.7 Å². The van der Waals surface area contributed by atoms with Gasteiger partial charge in [-0.3, -0.25) is 24.5 Å². The van der Waals surface area contributed by atoms with E-state index in [1.807, 2.05) is 42.6 Å². The lowest BCUT2D eigenvalue weighted by Crippen LogP contribution is -2.52. The average molecular weight is 699 g/mol. The van der Waals surface area contributed by atoms with Crippen LogP contribution in [0.4, 0.5) is 17.5 Å². The van der Waals surface area contributed by atoms with Crippen molar-refractivity contribution < 1.29 is 19.2 Å². The number of nitrogens with zero attached hydrogens (tertiary/aromatic N) is 8. The van der Waals surface area contributed by atoms with E-state index < -0.39 is 11.9 Å². The Morgan fingerprint density at radius 3 is 2.37 bits per heavy atom. The molecule has 14 nitrogen and oxygen atoms in total. The Bertz CT molecular complexity index is 2260. The second kappa shape index (κ2) is 12.3. The van der Waals surface area contributed by atoms with Crippen molar-refractivity contribution in [3.8, 4) is 5.69 Å². The van der Waals surface area contributed by atoms with Gasteiger partial charge in [-0.2, -0.15) is 4.98 Å². The van der Waals surface area contributed by atoms with Crippen LogP contribution in [0, 0.1) is 0 Å². The molecule has 0 unspecified atom stereocenters. The Balaban J connectivity index is 0.874. The van der Waals surface area contributed by atoms with Crippen LogP contribution in [0.15, 0.2) is 61.2 Å². The van der Waals surface area contributed by atoms with Crippen molar-refractivity contribution in [3.05, 3.63) is 89.1 Å². The third-order valence-corrected chi connectivity index (χ3v) is 10.8. The highest BCUT2D eigenvalue weighted by molar-refractivity contribution is 6.05. The number of aromatic nitrogens is 5. The fourth-order valence-electron chi connectivity index (χ4n) is 8.10. The topological polar surface area (TPSA) is 151 Å². The quantitative estimate of drug-likeness (QED) is 0.235. The first-order valence-electron chi connectivity index (χ1n) is 17.8. The molecule has 4 amide bonds. The average Bonchev–Trinajstić information content (AvgIpc) is 3.97. The molecule has 5 aromatic rings. The molecule has 1 saturated heterocycles. The van der Waals surface area contributed by atoms with E-state index in [0.717, 1.165) is 66.7 Å². The van der Waals surface area contributed by atoms with E-state index in [0.29, 0.717) is 36.0 Å². The van der Waals surface area contributed by atoms with Gasteiger partial charge in [0, 0.05) is 81.4 Å². The third kappa shape index (κ3) is 5.45. The molecule has 0 spiro atoms. The van der Waals surface area contributed by atoms with Gasteiger partial charge in [0.25, 0.3) is 11.8 Å². The number of anilines is 3. The highest BCUT2D eigenvalue weighted by Crippen LogP contribution is 2.36. The Labute approximate surface area is 299 Å². The maximum absolute atomic E-state index is 13.1. The van der Waals surface area contributed by atoms with Crippen molar-refractivity contribution in [2.45, 2.75) is 70.2 Å². The maximum atomic E-state index is 13.1. The van der Waals surface area contributed by atoms with Crippen molar-refractivity contribution in [2.75, 3.05) is 24.3 Å². The second-order valence-electron chi connectivity index (χ2n) is 14.4. The normalized spacial score (nSPS) is 18.7. The number of fused-ring (bicyclic) bond motifs is 3. The van der Waals surface area contributed by atoms with Crippen molar-refractivity contribution in [1.29, 1.82) is 0 Å². The zero-order valence-electron chi connectivity index (χ0n) is 29.0. The second-order valence-corrected chi connectivity index (χ2v) is 14.4. The summed E-state index contributed by atoms with van der Waals surface area (Å²) in [4.78, 5) is 69.8. The zero-order chi connectivity index (χ0) is 35.7. The number of carbonyl (C=O) groups excluding carboxylic acids is 4. The number of imide groups is 1. The first-order valence-corrected chi connectivity index (χ1v) is 17.8. The maximum Gasteiger partial charge on any atom is 0.270 e. The van der Waals surface area contributed by atoms with E-state index in [1.54, 1.807) is 30.1 Å². The van der Waals surface area contributed by atoms with Gasteiger partial charge < -0.3 is 29.2 Å².